The van der Waals surface area contributed by atoms with Crippen molar-refractivity contribution in [2.24, 2.45) is 0 Å². The topological polar surface area (TPSA) is 108 Å². The maximum atomic E-state index is 12.1. The number of carbonyl (C=O) groups excluding carboxylic acids is 3. The summed E-state index contributed by atoms with van der Waals surface area (Å²) in [5.74, 6) is -2.14. The Kier molecular flexibility index (Phi) is 5.42. The lowest BCUT2D eigenvalue weighted by atomic mass is 10.1. The fourth-order valence-corrected chi connectivity index (χ4v) is 2.66. The van der Waals surface area contributed by atoms with E-state index in [9.17, 15) is 19.5 Å². The Morgan fingerprint density at radius 1 is 1.26 bits per heavy atom. The number of carboxylic acid groups (broad SMARTS) is 1. The van der Waals surface area contributed by atoms with Crippen molar-refractivity contribution in [2.75, 3.05) is 12.4 Å². The molecule has 0 unspecified atom stereocenters. The number of nitrogens with zero attached hydrogens (tertiary/aromatic N) is 1. The van der Waals surface area contributed by atoms with Crippen molar-refractivity contribution in [1.29, 1.82) is 0 Å². The fraction of sp³-hybridized carbons (Fsp3) is 0.200. The van der Waals surface area contributed by atoms with Crippen LogP contribution >= 0.6 is 11.3 Å². The first-order valence-corrected chi connectivity index (χ1v) is 7.48. The highest BCUT2D eigenvalue weighted by molar-refractivity contribution is 7.09. The maximum absolute atomic E-state index is 12.1. The average molecular weight is 333 g/mol. The molecule has 0 saturated carbocycles. The molecule has 23 heavy (non-hydrogen) atoms. The van der Waals surface area contributed by atoms with Gasteiger partial charge in [-0.3, -0.25) is 4.79 Å². The molecule has 2 rings (SSSR count). The molecule has 0 aliphatic carbocycles. The minimum absolute atomic E-state index is 0.0206. The van der Waals surface area contributed by atoms with E-state index >= 15 is 0 Å². The Morgan fingerprint density at radius 3 is 2.70 bits per heavy atom. The van der Waals surface area contributed by atoms with Crippen LogP contribution in [0.15, 0.2) is 29.6 Å². The second kappa shape index (κ2) is 7.50. The quantitative estimate of drug-likeness (QED) is 0.767. The van der Waals surface area contributed by atoms with Crippen molar-refractivity contribution in [3.05, 3.63) is 45.9 Å². The zero-order chi connectivity index (χ0) is 16.8. The van der Waals surface area contributed by atoms with Gasteiger partial charge in [-0.15, -0.1) is 11.3 Å². The van der Waals surface area contributed by atoms with Gasteiger partial charge >= 0.3 is 5.97 Å². The summed E-state index contributed by atoms with van der Waals surface area (Å²) in [6.45, 7) is 0. The van der Waals surface area contributed by atoms with E-state index in [1.54, 1.807) is 29.6 Å². The number of nitrogens with one attached hydrogen (secondary N) is 1. The monoisotopic (exact) mass is 333 g/mol. The predicted octanol–water partition coefficient (Wildman–Crippen LogP) is 0.403. The number of amides is 1. The van der Waals surface area contributed by atoms with E-state index in [1.165, 1.54) is 18.4 Å². The minimum atomic E-state index is -1.22. The summed E-state index contributed by atoms with van der Waals surface area (Å²) in [6, 6.07) is 6.48. The molecule has 2 aromatic rings. The predicted molar refractivity (Wildman–Crippen MR) is 80.9 cm³/mol. The summed E-state index contributed by atoms with van der Waals surface area (Å²) >= 11 is 1.19. The van der Waals surface area contributed by atoms with Gasteiger partial charge in [0.05, 0.1) is 30.5 Å². The number of thiazole rings is 1. The number of aliphatic carboxylic acids is 1. The highest BCUT2D eigenvalue weighted by Crippen LogP contribution is 2.17. The molecule has 1 aromatic carbocycles. The van der Waals surface area contributed by atoms with Gasteiger partial charge in [-0.05, 0) is 12.1 Å². The third-order valence-corrected chi connectivity index (χ3v) is 3.74. The molecule has 1 aromatic heterocycles. The molecule has 0 radical (unpaired) electrons. The Labute approximate surface area is 135 Å². The molecule has 1 heterocycles. The molecule has 0 aliphatic rings. The number of rotatable bonds is 6. The molecule has 0 saturated heterocycles. The van der Waals surface area contributed by atoms with Crippen LogP contribution in [-0.4, -0.2) is 29.9 Å². The molecule has 1 amide bonds. The van der Waals surface area contributed by atoms with E-state index in [0.29, 0.717) is 16.4 Å². The van der Waals surface area contributed by atoms with Crippen LogP contribution in [0, 0.1) is 0 Å². The molecule has 0 atom stereocenters. The molecule has 8 heteroatoms. The Hall–Kier alpha value is -2.74. The van der Waals surface area contributed by atoms with Gasteiger partial charge in [-0.1, -0.05) is 12.1 Å². The van der Waals surface area contributed by atoms with E-state index in [4.69, 9.17) is 0 Å². The van der Waals surface area contributed by atoms with Crippen LogP contribution in [0.5, 0.6) is 0 Å². The van der Waals surface area contributed by atoms with E-state index < -0.39 is 11.9 Å². The van der Waals surface area contributed by atoms with Gasteiger partial charge in [-0.25, -0.2) is 9.78 Å². The molecule has 0 spiro atoms. The molecule has 1 N–H and O–H groups in total. The lowest BCUT2D eigenvalue weighted by molar-refractivity contribution is -0.304. The van der Waals surface area contributed by atoms with Gasteiger partial charge in [0.1, 0.15) is 5.01 Å². The molecule has 120 valence electrons. The van der Waals surface area contributed by atoms with E-state index in [1.807, 2.05) is 0 Å². The Bertz CT molecular complexity index is 741. The number of anilines is 1. The highest BCUT2D eigenvalue weighted by Gasteiger charge is 2.14. The summed E-state index contributed by atoms with van der Waals surface area (Å²) in [5, 5.41) is 15.2. The molecule has 0 fully saturated rings. The summed E-state index contributed by atoms with van der Waals surface area (Å²) in [5.41, 5.74) is 0.948. The first kappa shape index (κ1) is 16.6. The first-order chi connectivity index (χ1) is 11.0. The van der Waals surface area contributed by atoms with E-state index in [0.717, 1.165) is 0 Å². The van der Waals surface area contributed by atoms with Crippen LogP contribution in [0.2, 0.25) is 0 Å². The lowest BCUT2D eigenvalue weighted by Gasteiger charge is -2.08. The number of para-hydroxylation sites is 1. The minimum Gasteiger partial charge on any atom is -0.550 e. The van der Waals surface area contributed by atoms with Crippen molar-refractivity contribution < 1.29 is 24.2 Å². The summed E-state index contributed by atoms with van der Waals surface area (Å²) in [4.78, 5) is 38.2. The van der Waals surface area contributed by atoms with Crippen LogP contribution in [0.25, 0.3) is 0 Å². The summed E-state index contributed by atoms with van der Waals surface area (Å²) < 4.78 is 4.66. The van der Waals surface area contributed by atoms with Gasteiger partial charge < -0.3 is 20.0 Å². The number of hydrogen-bond acceptors (Lipinski definition) is 7. The average Bonchev–Trinajstić information content (AvgIpc) is 2.93. The molecule has 7 nitrogen and oxygen atoms in total. The van der Waals surface area contributed by atoms with Gasteiger partial charge in [0.2, 0.25) is 5.91 Å². The lowest BCUT2D eigenvalue weighted by Crippen LogP contribution is -2.24. The van der Waals surface area contributed by atoms with Gasteiger partial charge in [0.25, 0.3) is 0 Å². The Balaban J connectivity index is 2.04. The zero-order valence-electron chi connectivity index (χ0n) is 12.2. The van der Waals surface area contributed by atoms with Crippen molar-refractivity contribution >= 4 is 34.9 Å². The van der Waals surface area contributed by atoms with Crippen LogP contribution in [0.4, 0.5) is 5.69 Å². The van der Waals surface area contributed by atoms with E-state index in [-0.39, 0.29) is 24.3 Å². The van der Waals surface area contributed by atoms with Crippen molar-refractivity contribution in [3.63, 3.8) is 0 Å². The van der Waals surface area contributed by atoms with E-state index in [2.05, 4.69) is 15.0 Å². The van der Waals surface area contributed by atoms with Crippen molar-refractivity contribution in [2.45, 2.75) is 12.8 Å². The van der Waals surface area contributed by atoms with Gasteiger partial charge in [0.15, 0.2) is 0 Å². The van der Waals surface area contributed by atoms with Gasteiger partial charge in [-0.2, -0.15) is 0 Å². The third kappa shape index (κ3) is 4.62. The number of ether oxygens (including phenoxy) is 1. The molecular formula is C15H13N2O5S-. The van der Waals surface area contributed by atoms with Crippen LogP contribution in [0.3, 0.4) is 0 Å². The second-order valence-electron chi connectivity index (χ2n) is 4.54. The number of methoxy groups -OCH3 is 1. The SMILES string of the molecule is COC(=O)c1ccccc1NC(=O)Cc1nc(CC(=O)[O-])cs1. The molecule has 0 bridgehead atoms. The summed E-state index contributed by atoms with van der Waals surface area (Å²) in [6.07, 6.45) is -0.309. The molecular weight excluding hydrogens is 320 g/mol. The number of hydrogen-bond donors (Lipinski definition) is 1. The smallest absolute Gasteiger partial charge is 0.339 e. The second-order valence-corrected chi connectivity index (χ2v) is 5.49. The molecule has 0 aliphatic heterocycles. The fourth-order valence-electron chi connectivity index (χ4n) is 1.87. The number of benzene rings is 1. The number of carboxylic acids is 1. The number of esters is 1. The zero-order valence-corrected chi connectivity index (χ0v) is 13.0. The highest BCUT2D eigenvalue weighted by atomic mass is 32.1. The summed E-state index contributed by atoms with van der Waals surface area (Å²) in [7, 11) is 1.26. The van der Waals surface area contributed by atoms with Crippen LogP contribution in [0.1, 0.15) is 21.1 Å². The van der Waals surface area contributed by atoms with Crippen molar-refractivity contribution in [3.8, 4) is 0 Å². The maximum Gasteiger partial charge on any atom is 0.339 e. The normalized spacial score (nSPS) is 10.1. The van der Waals surface area contributed by atoms with Crippen molar-refractivity contribution in [1.82, 2.24) is 4.98 Å². The van der Waals surface area contributed by atoms with Crippen LogP contribution in [-0.2, 0) is 27.2 Å². The largest absolute Gasteiger partial charge is 0.550 e. The standard InChI is InChI=1S/C15H14N2O5S/c1-22-15(21)10-4-2-3-5-11(10)17-12(18)7-13-16-9(8-23-13)6-14(19)20/h2-5,8H,6-7H2,1H3,(H,17,18)(H,19,20)/p-1. The van der Waals surface area contributed by atoms with Crippen LogP contribution < -0.4 is 10.4 Å². The first-order valence-electron chi connectivity index (χ1n) is 6.60. The number of aromatic nitrogens is 1. The number of carbonyl (C=O) groups is 3. The van der Waals surface area contributed by atoms with Gasteiger partial charge in [0, 0.05) is 17.8 Å². The third-order valence-electron chi connectivity index (χ3n) is 2.84. The Morgan fingerprint density at radius 2 is 2.00 bits per heavy atom.